The standard InChI is InChI=1S/C18H20N2O3/c1-12-7-13(2)9-15(8-12)20-18(22)17(21)19-11-14-5-4-6-16(10-14)23-3/h4-10H,11H2,1-3H3,(H,19,21)(H,20,22). The molecule has 5 nitrogen and oxygen atoms in total. The third kappa shape index (κ3) is 4.85. The Balaban J connectivity index is 1.93. The Hall–Kier alpha value is -2.82. The van der Waals surface area contributed by atoms with E-state index in [2.05, 4.69) is 10.6 Å². The fourth-order valence-corrected chi connectivity index (χ4v) is 2.28. The average molecular weight is 312 g/mol. The number of anilines is 1. The molecule has 0 saturated carbocycles. The zero-order valence-electron chi connectivity index (χ0n) is 13.5. The van der Waals surface area contributed by atoms with E-state index in [0.717, 1.165) is 16.7 Å². The van der Waals surface area contributed by atoms with Gasteiger partial charge in [-0.3, -0.25) is 9.59 Å². The Labute approximate surface area is 135 Å². The summed E-state index contributed by atoms with van der Waals surface area (Å²) in [6, 6.07) is 12.9. The first-order chi connectivity index (χ1) is 11.0. The SMILES string of the molecule is COc1cccc(CNC(=O)C(=O)Nc2cc(C)cc(C)c2)c1. The summed E-state index contributed by atoms with van der Waals surface area (Å²) in [7, 11) is 1.58. The summed E-state index contributed by atoms with van der Waals surface area (Å²) in [6.45, 7) is 4.13. The highest BCUT2D eigenvalue weighted by atomic mass is 16.5. The van der Waals surface area contributed by atoms with Crippen molar-refractivity contribution in [2.75, 3.05) is 12.4 Å². The van der Waals surface area contributed by atoms with Gasteiger partial charge in [0.2, 0.25) is 0 Å². The van der Waals surface area contributed by atoms with E-state index < -0.39 is 11.8 Å². The van der Waals surface area contributed by atoms with Gasteiger partial charge < -0.3 is 15.4 Å². The van der Waals surface area contributed by atoms with E-state index in [0.29, 0.717) is 11.4 Å². The lowest BCUT2D eigenvalue weighted by Crippen LogP contribution is -2.35. The maximum Gasteiger partial charge on any atom is 0.313 e. The van der Waals surface area contributed by atoms with Gasteiger partial charge in [0, 0.05) is 12.2 Å². The van der Waals surface area contributed by atoms with Crippen LogP contribution in [0.1, 0.15) is 16.7 Å². The monoisotopic (exact) mass is 312 g/mol. The molecule has 0 heterocycles. The molecule has 0 spiro atoms. The number of nitrogens with one attached hydrogen (secondary N) is 2. The van der Waals surface area contributed by atoms with Gasteiger partial charge in [-0.2, -0.15) is 0 Å². The Bertz CT molecular complexity index is 706. The molecule has 2 N–H and O–H groups in total. The minimum absolute atomic E-state index is 0.260. The Morgan fingerprint density at radius 2 is 1.70 bits per heavy atom. The third-order valence-electron chi connectivity index (χ3n) is 3.27. The van der Waals surface area contributed by atoms with Gasteiger partial charge in [0.1, 0.15) is 5.75 Å². The van der Waals surface area contributed by atoms with E-state index in [-0.39, 0.29) is 6.54 Å². The Morgan fingerprint density at radius 3 is 2.35 bits per heavy atom. The molecular formula is C18H20N2O3. The van der Waals surface area contributed by atoms with E-state index >= 15 is 0 Å². The zero-order valence-corrected chi connectivity index (χ0v) is 13.5. The highest BCUT2D eigenvalue weighted by Gasteiger charge is 2.13. The minimum atomic E-state index is -0.683. The molecule has 2 amide bonds. The summed E-state index contributed by atoms with van der Waals surface area (Å²) in [5.41, 5.74) is 3.52. The van der Waals surface area contributed by atoms with Gasteiger partial charge in [-0.15, -0.1) is 0 Å². The van der Waals surface area contributed by atoms with Crippen LogP contribution in [-0.4, -0.2) is 18.9 Å². The van der Waals surface area contributed by atoms with Crippen LogP contribution in [0.5, 0.6) is 5.75 Å². The molecule has 0 bridgehead atoms. The van der Waals surface area contributed by atoms with Crippen molar-refractivity contribution in [2.45, 2.75) is 20.4 Å². The Kier molecular flexibility index (Phi) is 5.36. The van der Waals surface area contributed by atoms with Gasteiger partial charge in [0.05, 0.1) is 7.11 Å². The molecule has 23 heavy (non-hydrogen) atoms. The van der Waals surface area contributed by atoms with Gasteiger partial charge in [0.25, 0.3) is 0 Å². The molecular weight excluding hydrogens is 292 g/mol. The van der Waals surface area contributed by atoms with Crippen molar-refractivity contribution in [2.24, 2.45) is 0 Å². The molecule has 2 rings (SSSR count). The molecule has 5 heteroatoms. The molecule has 0 aliphatic heterocycles. The number of ether oxygens (including phenoxy) is 1. The molecule has 0 saturated heterocycles. The predicted molar refractivity (Wildman–Crippen MR) is 89.4 cm³/mol. The first-order valence-electron chi connectivity index (χ1n) is 7.28. The van der Waals surface area contributed by atoms with Crippen LogP contribution in [0.15, 0.2) is 42.5 Å². The first kappa shape index (κ1) is 16.5. The van der Waals surface area contributed by atoms with Gasteiger partial charge in [-0.05, 0) is 54.8 Å². The summed E-state index contributed by atoms with van der Waals surface area (Å²) in [5.74, 6) is -0.652. The Morgan fingerprint density at radius 1 is 1.00 bits per heavy atom. The fraction of sp³-hybridized carbons (Fsp3) is 0.222. The number of aryl methyl sites for hydroxylation is 2. The first-order valence-corrected chi connectivity index (χ1v) is 7.28. The van der Waals surface area contributed by atoms with Crippen molar-refractivity contribution in [3.63, 3.8) is 0 Å². The highest BCUT2D eigenvalue weighted by molar-refractivity contribution is 6.39. The van der Waals surface area contributed by atoms with Crippen molar-refractivity contribution in [3.8, 4) is 5.75 Å². The zero-order chi connectivity index (χ0) is 16.8. The number of methoxy groups -OCH3 is 1. The highest BCUT2D eigenvalue weighted by Crippen LogP contribution is 2.14. The molecule has 0 radical (unpaired) electrons. The topological polar surface area (TPSA) is 67.4 Å². The maximum absolute atomic E-state index is 11.9. The van der Waals surface area contributed by atoms with E-state index in [1.807, 2.05) is 56.3 Å². The number of amides is 2. The average Bonchev–Trinajstić information content (AvgIpc) is 2.51. The van der Waals surface area contributed by atoms with Crippen molar-refractivity contribution in [1.29, 1.82) is 0 Å². The van der Waals surface area contributed by atoms with Crippen LogP contribution in [0.2, 0.25) is 0 Å². The van der Waals surface area contributed by atoms with Gasteiger partial charge >= 0.3 is 11.8 Å². The molecule has 0 fully saturated rings. The van der Waals surface area contributed by atoms with Crippen molar-refractivity contribution in [1.82, 2.24) is 5.32 Å². The molecule has 0 atom stereocenters. The molecule has 0 aromatic heterocycles. The van der Waals surface area contributed by atoms with Crippen LogP contribution in [0.25, 0.3) is 0 Å². The van der Waals surface area contributed by atoms with Crippen LogP contribution in [-0.2, 0) is 16.1 Å². The number of hydrogen-bond acceptors (Lipinski definition) is 3. The minimum Gasteiger partial charge on any atom is -0.497 e. The number of carbonyl (C=O) groups is 2. The van der Waals surface area contributed by atoms with Gasteiger partial charge in [0.15, 0.2) is 0 Å². The van der Waals surface area contributed by atoms with E-state index in [1.165, 1.54) is 0 Å². The van der Waals surface area contributed by atoms with Crippen molar-refractivity contribution in [3.05, 3.63) is 59.2 Å². The van der Waals surface area contributed by atoms with Crippen LogP contribution >= 0.6 is 0 Å². The largest absolute Gasteiger partial charge is 0.497 e. The van der Waals surface area contributed by atoms with E-state index in [9.17, 15) is 9.59 Å². The second kappa shape index (κ2) is 7.45. The smallest absolute Gasteiger partial charge is 0.313 e. The number of rotatable bonds is 4. The summed E-state index contributed by atoms with van der Waals surface area (Å²) in [6.07, 6.45) is 0. The number of hydrogen-bond donors (Lipinski definition) is 2. The van der Waals surface area contributed by atoms with Crippen LogP contribution < -0.4 is 15.4 Å². The van der Waals surface area contributed by atoms with Crippen LogP contribution in [0.4, 0.5) is 5.69 Å². The second-order valence-corrected chi connectivity index (χ2v) is 5.36. The third-order valence-corrected chi connectivity index (χ3v) is 3.27. The normalized spacial score (nSPS) is 10.0. The predicted octanol–water partition coefficient (Wildman–Crippen LogP) is 2.57. The number of carbonyl (C=O) groups excluding carboxylic acids is 2. The van der Waals surface area contributed by atoms with Crippen LogP contribution in [0, 0.1) is 13.8 Å². The molecule has 0 unspecified atom stereocenters. The van der Waals surface area contributed by atoms with E-state index in [1.54, 1.807) is 7.11 Å². The van der Waals surface area contributed by atoms with E-state index in [4.69, 9.17) is 4.74 Å². The van der Waals surface area contributed by atoms with Crippen molar-refractivity contribution >= 4 is 17.5 Å². The quantitative estimate of drug-likeness (QED) is 0.853. The fourth-order valence-electron chi connectivity index (χ4n) is 2.28. The summed E-state index contributed by atoms with van der Waals surface area (Å²) in [4.78, 5) is 23.8. The van der Waals surface area contributed by atoms with Gasteiger partial charge in [-0.25, -0.2) is 0 Å². The lowest BCUT2D eigenvalue weighted by Gasteiger charge is -2.09. The lowest BCUT2D eigenvalue weighted by atomic mass is 10.1. The van der Waals surface area contributed by atoms with Crippen molar-refractivity contribution < 1.29 is 14.3 Å². The van der Waals surface area contributed by atoms with Gasteiger partial charge in [-0.1, -0.05) is 18.2 Å². The molecule has 0 aliphatic rings. The maximum atomic E-state index is 11.9. The summed E-state index contributed by atoms with van der Waals surface area (Å²) in [5, 5.41) is 5.20. The number of benzene rings is 2. The molecule has 0 aliphatic carbocycles. The molecule has 2 aromatic carbocycles. The molecule has 2 aromatic rings. The summed E-state index contributed by atoms with van der Waals surface area (Å²) < 4.78 is 5.12. The van der Waals surface area contributed by atoms with Crippen LogP contribution in [0.3, 0.4) is 0 Å². The summed E-state index contributed by atoms with van der Waals surface area (Å²) >= 11 is 0. The lowest BCUT2D eigenvalue weighted by molar-refractivity contribution is -0.136. The second-order valence-electron chi connectivity index (χ2n) is 5.36. The molecule has 120 valence electrons.